The number of nitrogens with zero attached hydrogens (tertiary/aromatic N) is 1. The molecule has 1 fully saturated rings. The zero-order valence-electron chi connectivity index (χ0n) is 12.9. The van der Waals surface area contributed by atoms with Crippen LogP contribution in [-0.2, 0) is 0 Å². The Kier molecular flexibility index (Phi) is 4.89. The second-order valence-electron chi connectivity index (χ2n) is 5.83. The molecule has 1 aromatic rings. The summed E-state index contributed by atoms with van der Waals surface area (Å²) in [7, 11) is 3.86. The molecule has 1 heterocycles. The lowest BCUT2D eigenvalue weighted by Gasteiger charge is -2.25. The Hall–Kier alpha value is -1.26. The molecular formula is C16H26N2O2. The highest BCUT2D eigenvalue weighted by molar-refractivity contribution is 5.47. The van der Waals surface area contributed by atoms with Gasteiger partial charge in [0.25, 0.3) is 0 Å². The quantitative estimate of drug-likeness (QED) is 0.898. The van der Waals surface area contributed by atoms with Crippen LogP contribution in [0.4, 0.5) is 0 Å². The smallest absolute Gasteiger partial charge is 0.128 e. The van der Waals surface area contributed by atoms with Crippen molar-refractivity contribution in [1.29, 1.82) is 0 Å². The first-order chi connectivity index (χ1) is 9.56. The lowest BCUT2D eigenvalue weighted by molar-refractivity contribution is 0.227. The van der Waals surface area contributed by atoms with Gasteiger partial charge in [0.2, 0.25) is 0 Å². The first kappa shape index (κ1) is 15.1. The van der Waals surface area contributed by atoms with E-state index in [0.717, 1.165) is 36.6 Å². The molecule has 0 radical (unpaired) electrons. The van der Waals surface area contributed by atoms with E-state index < -0.39 is 0 Å². The molecule has 0 saturated carbocycles. The SMILES string of the molecule is COc1cccc(OC(C)C)c1C1CC(CN)CN1C. The van der Waals surface area contributed by atoms with Gasteiger partial charge in [-0.3, -0.25) is 4.90 Å². The maximum absolute atomic E-state index is 5.98. The average Bonchev–Trinajstić information content (AvgIpc) is 2.79. The highest BCUT2D eigenvalue weighted by atomic mass is 16.5. The van der Waals surface area contributed by atoms with Crippen LogP contribution in [0.15, 0.2) is 18.2 Å². The van der Waals surface area contributed by atoms with E-state index in [1.54, 1.807) is 7.11 Å². The predicted octanol–water partition coefficient (Wildman–Crippen LogP) is 2.43. The maximum Gasteiger partial charge on any atom is 0.128 e. The summed E-state index contributed by atoms with van der Waals surface area (Å²) in [6.45, 7) is 5.85. The van der Waals surface area contributed by atoms with Crippen molar-refractivity contribution in [2.24, 2.45) is 11.7 Å². The Balaban J connectivity index is 2.37. The van der Waals surface area contributed by atoms with E-state index in [4.69, 9.17) is 15.2 Å². The van der Waals surface area contributed by atoms with Gasteiger partial charge in [-0.1, -0.05) is 6.07 Å². The van der Waals surface area contributed by atoms with E-state index in [-0.39, 0.29) is 6.10 Å². The second-order valence-corrected chi connectivity index (χ2v) is 5.83. The average molecular weight is 278 g/mol. The number of hydrogen-bond donors (Lipinski definition) is 1. The fourth-order valence-corrected chi connectivity index (χ4v) is 3.00. The van der Waals surface area contributed by atoms with Gasteiger partial charge in [0.15, 0.2) is 0 Å². The summed E-state index contributed by atoms with van der Waals surface area (Å²) in [5, 5.41) is 0. The number of benzene rings is 1. The molecule has 4 nitrogen and oxygen atoms in total. The molecule has 2 rings (SSSR count). The first-order valence-electron chi connectivity index (χ1n) is 7.30. The zero-order chi connectivity index (χ0) is 14.7. The molecule has 0 bridgehead atoms. The van der Waals surface area contributed by atoms with Crippen molar-refractivity contribution in [3.05, 3.63) is 23.8 Å². The monoisotopic (exact) mass is 278 g/mol. The van der Waals surface area contributed by atoms with Crippen molar-refractivity contribution in [1.82, 2.24) is 4.90 Å². The van der Waals surface area contributed by atoms with E-state index in [2.05, 4.69) is 11.9 Å². The van der Waals surface area contributed by atoms with Gasteiger partial charge >= 0.3 is 0 Å². The topological polar surface area (TPSA) is 47.7 Å². The Labute approximate surface area is 121 Å². The van der Waals surface area contributed by atoms with Crippen LogP contribution in [0.25, 0.3) is 0 Å². The van der Waals surface area contributed by atoms with E-state index in [9.17, 15) is 0 Å². The summed E-state index contributed by atoms with van der Waals surface area (Å²) >= 11 is 0. The molecule has 20 heavy (non-hydrogen) atoms. The minimum atomic E-state index is 0.151. The third-order valence-corrected chi connectivity index (χ3v) is 3.91. The molecule has 2 unspecified atom stereocenters. The zero-order valence-corrected chi connectivity index (χ0v) is 12.9. The van der Waals surface area contributed by atoms with Crippen LogP contribution in [-0.4, -0.2) is 38.3 Å². The van der Waals surface area contributed by atoms with Crippen molar-refractivity contribution in [2.45, 2.75) is 32.4 Å². The fourth-order valence-electron chi connectivity index (χ4n) is 3.00. The number of hydrogen-bond acceptors (Lipinski definition) is 4. The lowest BCUT2D eigenvalue weighted by atomic mass is 9.98. The van der Waals surface area contributed by atoms with E-state index in [0.29, 0.717) is 12.0 Å². The third-order valence-electron chi connectivity index (χ3n) is 3.91. The van der Waals surface area contributed by atoms with Crippen LogP contribution in [0, 0.1) is 5.92 Å². The highest BCUT2D eigenvalue weighted by Crippen LogP contribution is 2.43. The van der Waals surface area contributed by atoms with Crippen molar-refractivity contribution in [2.75, 3.05) is 27.2 Å². The van der Waals surface area contributed by atoms with Crippen LogP contribution < -0.4 is 15.2 Å². The summed E-state index contributed by atoms with van der Waals surface area (Å²) in [5.41, 5.74) is 6.99. The normalized spacial score (nSPS) is 23.3. The van der Waals surface area contributed by atoms with Crippen molar-refractivity contribution < 1.29 is 9.47 Å². The van der Waals surface area contributed by atoms with Crippen LogP contribution in [0.5, 0.6) is 11.5 Å². The Morgan fingerprint density at radius 3 is 2.60 bits per heavy atom. The lowest BCUT2D eigenvalue weighted by Crippen LogP contribution is -2.21. The van der Waals surface area contributed by atoms with Crippen molar-refractivity contribution >= 4 is 0 Å². The van der Waals surface area contributed by atoms with Crippen LogP contribution >= 0.6 is 0 Å². The standard InChI is InChI=1S/C16H26N2O2/c1-11(2)20-15-7-5-6-14(19-4)16(15)13-8-12(9-17)10-18(13)3/h5-7,11-13H,8-10,17H2,1-4H3. The second kappa shape index (κ2) is 6.46. The summed E-state index contributed by atoms with van der Waals surface area (Å²) < 4.78 is 11.5. The first-order valence-corrected chi connectivity index (χ1v) is 7.30. The van der Waals surface area contributed by atoms with Gasteiger partial charge in [-0.15, -0.1) is 0 Å². The molecule has 0 spiro atoms. The van der Waals surface area contributed by atoms with Crippen molar-refractivity contribution in [3.63, 3.8) is 0 Å². The predicted molar refractivity (Wildman–Crippen MR) is 81.3 cm³/mol. The minimum Gasteiger partial charge on any atom is -0.496 e. The number of ether oxygens (including phenoxy) is 2. The molecule has 2 N–H and O–H groups in total. The Bertz CT molecular complexity index is 448. The molecule has 112 valence electrons. The molecule has 1 aliphatic rings. The van der Waals surface area contributed by atoms with Gasteiger partial charge in [-0.2, -0.15) is 0 Å². The molecule has 1 aliphatic heterocycles. The molecule has 0 amide bonds. The largest absolute Gasteiger partial charge is 0.496 e. The molecule has 0 aromatic heterocycles. The Morgan fingerprint density at radius 1 is 1.35 bits per heavy atom. The van der Waals surface area contributed by atoms with Gasteiger partial charge in [-0.25, -0.2) is 0 Å². The fraction of sp³-hybridized carbons (Fsp3) is 0.625. The van der Waals surface area contributed by atoms with Gasteiger partial charge in [-0.05, 0) is 51.9 Å². The molecular weight excluding hydrogens is 252 g/mol. The summed E-state index contributed by atoms with van der Waals surface area (Å²) in [6, 6.07) is 6.33. The van der Waals surface area contributed by atoms with E-state index in [1.807, 2.05) is 32.0 Å². The molecule has 1 saturated heterocycles. The summed E-state index contributed by atoms with van der Waals surface area (Å²) in [5.74, 6) is 2.37. The maximum atomic E-state index is 5.98. The third kappa shape index (κ3) is 3.07. The number of nitrogens with two attached hydrogens (primary N) is 1. The number of methoxy groups -OCH3 is 1. The molecule has 2 atom stereocenters. The number of rotatable bonds is 5. The summed E-state index contributed by atoms with van der Waals surface area (Å²) in [4.78, 5) is 2.35. The van der Waals surface area contributed by atoms with Gasteiger partial charge in [0.1, 0.15) is 11.5 Å². The number of likely N-dealkylation sites (tertiary alicyclic amines) is 1. The molecule has 4 heteroatoms. The van der Waals surface area contributed by atoms with E-state index in [1.165, 1.54) is 0 Å². The summed E-state index contributed by atoms with van der Waals surface area (Å²) in [6.07, 6.45) is 1.21. The van der Waals surface area contributed by atoms with Gasteiger partial charge in [0, 0.05) is 12.6 Å². The molecule has 0 aliphatic carbocycles. The van der Waals surface area contributed by atoms with Crippen molar-refractivity contribution in [3.8, 4) is 11.5 Å². The van der Waals surface area contributed by atoms with Crippen LogP contribution in [0.3, 0.4) is 0 Å². The Morgan fingerprint density at radius 2 is 2.05 bits per heavy atom. The van der Waals surface area contributed by atoms with E-state index >= 15 is 0 Å². The highest BCUT2D eigenvalue weighted by Gasteiger charge is 2.33. The molecule has 1 aromatic carbocycles. The van der Waals surface area contributed by atoms with Crippen LogP contribution in [0.2, 0.25) is 0 Å². The van der Waals surface area contributed by atoms with Crippen LogP contribution in [0.1, 0.15) is 31.9 Å². The minimum absolute atomic E-state index is 0.151. The van der Waals surface area contributed by atoms with Gasteiger partial charge in [0.05, 0.1) is 18.8 Å². The van der Waals surface area contributed by atoms with Gasteiger partial charge < -0.3 is 15.2 Å².